The van der Waals surface area contributed by atoms with E-state index in [4.69, 9.17) is 10.2 Å². The van der Waals surface area contributed by atoms with Gasteiger partial charge < -0.3 is 20.4 Å². The monoisotopic (exact) mass is 288 g/mol. The van der Waals surface area contributed by atoms with Crippen molar-refractivity contribution in [2.45, 2.75) is 18.9 Å². The summed E-state index contributed by atoms with van der Waals surface area (Å²) in [7, 11) is 0. The molecule has 1 amide bonds. The number of oxazole rings is 1. The Hall–Kier alpha value is -2.44. The van der Waals surface area contributed by atoms with E-state index in [-0.39, 0.29) is 17.9 Å². The molecule has 1 aromatic heterocycles. The maximum atomic E-state index is 11.9. The normalized spacial score (nSPS) is 25.1. The Bertz CT molecular complexity index is 778. The van der Waals surface area contributed by atoms with Gasteiger partial charge in [-0.15, -0.1) is 0 Å². The van der Waals surface area contributed by atoms with Gasteiger partial charge in [0.05, 0.1) is 28.9 Å². The van der Waals surface area contributed by atoms with Gasteiger partial charge in [0.1, 0.15) is 0 Å². The molecule has 2 atom stereocenters. The molecular formula is C14H16N4O3. The van der Waals surface area contributed by atoms with Crippen molar-refractivity contribution in [3.63, 3.8) is 0 Å². The van der Waals surface area contributed by atoms with Crippen LogP contribution >= 0.6 is 0 Å². The Labute approximate surface area is 120 Å². The Morgan fingerprint density at radius 2 is 2.19 bits per heavy atom. The van der Waals surface area contributed by atoms with Crippen molar-refractivity contribution in [3.8, 4) is 0 Å². The van der Waals surface area contributed by atoms with Crippen LogP contribution in [0.2, 0.25) is 0 Å². The number of carbonyl (C=O) groups excluding carboxylic acids is 1. The number of aromatic amines is 1. The number of hydrogen-bond acceptors (Lipinski definition) is 5. The molecule has 1 aromatic carbocycles. The molecule has 3 heterocycles. The van der Waals surface area contributed by atoms with Gasteiger partial charge in [0.15, 0.2) is 5.58 Å². The van der Waals surface area contributed by atoms with Crippen LogP contribution in [0.1, 0.15) is 12.8 Å². The molecule has 2 aliphatic heterocycles. The number of nitrogens with one attached hydrogen (secondary N) is 2. The lowest BCUT2D eigenvalue weighted by Crippen LogP contribution is -2.46. The predicted octanol–water partition coefficient (Wildman–Crippen LogP) is 0.418. The summed E-state index contributed by atoms with van der Waals surface area (Å²) >= 11 is 0. The van der Waals surface area contributed by atoms with Crippen LogP contribution in [-0.4, -0.2) is 30.0 Å². The van der Waals surface area contributed by atoms with Crippen molar-refractivity contribution in [3.05, 3.63) is 22.7 Å². The lowest BCUT2D eigenvalue weighted by Gasteiger charge is -2.38. The van der Waals surface area contributed by atoms with Crippen molar-refractivity contribution < 1.29 is 9.21 Å². The van der Waals surface area contributed by atoms with Gasteiger partial charge in [-0.25, -0.2) is 4.79 Å². The fraction of sp³-hybridized carbons (Fsp3) is 0.429. The van der Waals surface area contributed by atoms with Gasteiger partial charge in [-0.05, 0) is 18.9 Å². The van der Waals surface area contributed by atoms with E-state index < -0.39 is 5.76 Å². The molecule has 0 bridgehead atoms. The van der Waals surface area contributed by atoms with Gasteiger partial charge >= 0.3 is 5.76 Å². The van der Waals surface area contributed by atoms with Crippen LogP contribution in [0.25, 0.3) is 11.1 Å². The number of aromatic nitrogens is 1. The van der Waals surface area contributed by atoms with Crippen molar-refractivity contribution in [2.24, 2.45) is 5.92 Å². The highest BCUT2D eigenvalue weighted by molar-refractivity contribution is 5.88. The number of nitrogens with two attached hydrogens (primary N) is 1. The third-order valence-corrected chi connectivity index (χ3v) is 4.48. The summed E-state index contributed by atoms with van der Waals surface area (Å²) in [5.41, 5.74) is 8.62. The fourth-order valence-electron chi connectivity index (χ4n) is 3.50. The van der Waals surface area contributed by atoms with Crippen molar-refractivity contribution in [2.75, 3.05) is 23.7 Å². The molecule has 21 heavy (non-hydrogen) atoms. The van der Waals surface area contributed by atoms with Gasteiger partial charge in [-0.1, -0.05) is 0 Å². The van der Waals surface area contributed by atoms with Gasteiger partial charge in [0.2, 0.25) is 5.91 Å². The Kier molecular flexibility index (Phi) is 2.51. The molecular weight excluding hydrogens is 272 g/mol. The number of anilines is 2. The maximum absolute atomic E-state index is 11.9. The van der Waals surface area contributed by atoms with Crippen molar-refractivity contribution in [1.82, 2.24) is 10.3 Å². The molecule has 0 saturated carbocycles. The number of nitrogen functional groups attached to an aromatic ring is 1. The summed E-state index contributed by atoms with van der Waals surface area (Å²) in [5.74, 6) is -0.339. The fourth-order valence-corrected chi connectivity index (χ4v) is 3.50. The average Bonchev–Trinajstić information content (AvgIpc) is 3.00. The number of amides is 1. The van der Waals surface area contributed by atoms with E-state index in [1.54, 1.807) is 6.07 Å². The lowest BCUT2D eigenvalue weighted by atomic mass is 9.91. The van der Waals surface area contributed by atoms with E-state index in [0.29, 0.717) is 23.3 Å². The van der Waals surface area contributed by atoms with Crippen LogP contribution in [-0.2, 0) is 4.79 Å². The summed E-state index contributed by atoms with van der Waals surface area (Å²) in [6.07, 6.45) is 1.87. The first kappa shape index (κ1) is 12.3. The SMILES string of the molecule is Nc1cc2oc(=O)[nH]c2cc1N1CCCC2C(=O)NCC21. The van der Waals surface area contributed by atoms with Crippen LogP contribution in [0.5, 0.6) is 0 Å². The summed E-state index contributed by atoms with van der Waals surface area (Å²) in [6, 6.07) is 3.63. The van der Waals surface area contributed by atoms with Crippen LogP contribution < -0.4 is 21.7 Å². The molecule has 110 valence electrons. The Morgan fingerprint density at radius 1 is 1.33 bits per heavy atom. The van der Waals surface area contributed by atoms with E-state index in [2.05, 4.69) is 15.2 Å². The molecule has 2 saturated heterocycles. The second-order valence-electron chi connectivity index (χ2n) is 5.68. The number of fused-ring (bicyclic) bond motifs is 2. The largest absolute Gasteiger partial charge is 0.417 e. The molecule has 0 radical (unpaired) electrons. The van der Waals surface area contributed by atoms with Crippen LogP contribution in [0.4, 0.5) is 11.4 Å². The molecule has 7 heteroatoms. The number of nitrogens with zero attached hydrogens (tertiary/aromatic N) is 1. The first-order valence-electron chi connectivity index (χ1n) is 7.10. The van der Waals surface area contributed by atoms with E-state index in [9.17, 15) is 9.59 Å². The van der Waals surface area contributed by atoms with E-state index in [1.807, 2.05) is 6.07 Å². The van der Waals surface area contributed by atoms with E-state index in [0.717, 1.165) is 25.1 Å². The van der Waals surface area contributed by atoms with E-state index >= 15 is 0 Å². The predicted molar refractivity (Wildman–Crippen MR) is 78.1 cm³/mol. The molecule has 0 aliphatic carbocycles. The number of rotatable bonds is 1. The smallest absolute Gasteiger partial charge is 0.408 e. The second-order valence-corrected chi connectivity index (χ2v) is 5.68. The standard InChI is InChI=1S/C14H16N4O3/c15-8-4-12-9(17-14(20)21-12)5-10(8)18-3-1-2-7-11(18)6-16-13(7)19/h4-5,7,11H,1-3,6,15H2,(H,16,19)(H,17,20). The average molecular weight is 288 g/mol. The topological polar surface area (TPSA) is 104 Å². The minimum absolute atomic E-state index is 0.0252. The number of piperidine rings is 1. The lowest BCUT2D eigenvalue weighted by molar-refractivity contribution is -0.122. The minimum atomic E-state index is -0.490. The van der Waals surface area contributed by atoms with Gasteiger partial charge in [0.25, 0.3) is 0 Å². The summed E-state index contributed by atoms with van der Waals surface area (Å²) in [5, 5.41) is 2.92. The Balaban J connectivity index is 1.79. The maximum Gasteiger partial charge on any atom is 0.417 e. The van der Waals surface area contributed by atoms with Crippen molar-refractivity contribution >= 4 is 28.4 Å². The molecule has 7 nitrogen and oxygen atoms in total. The molecule has 2 unspecified atom stereocenters. The second kappa shape index (κ2) is 4.28. The number of carbonyl (C=O) groups is 1. The van der Waals surface area contributed by atoms with Crippen LogP contribution in [0.15, 0.2) is 21.3 Å². The van der Waals surface area contributed by atoms with Crippen LogP contribution in [0.3, 0.4) is 0 Å². The number of H-pyrrole nitrogens is 1. The minimum Gasteiger partial charge on any atom is -0.408 e. The first-order chi connectivity index (χ1) is 10.1. The third kappa shape index (κ3) is 1.80. The zero-order valence-corrected chi connectivity index (χ0v) is 11.4. The third-order valence-electron chi connectivity index (χ3n) is 4.48. The quantitative estimate of drug-likeness (QED) is 0.660. The molecule has 0 spiro atoms. The highest BCUT2D eigenvalue weighted by atomic mass is 16.4. The first-order valence-corrected chi connectivity index (χ1v) is 7.10. The van der Waals surface area contributed by atoms with Crippen molar-refractivity contribution in [1.29, 1.82) is 0 Å². The number of hydrogen-bond donors (Lipinski definition) is 3. The zero-order valence-electron chi connectivity index (χ0n) is 11.4. The van der Waals surface area contributed by atoms with Gasteiger partial charge in [0, 0.05) is 19.2 Å². The summed E-state index contributed by atoms with van der Waals surface area (Å²) < 4.78 is 5.02. The summed E-state index contributed by atoms with van der Waals surface area (Å²) in [4.78, 5) is 28.0. The zero-order chi connectivity index (χ0) is 14.6. The highest BCUT2D eigenvalue weighted by Gasteiger charge is 2.41. The molecule has 4 N–H and O–H groups in total. The van der Waals surface area contributed by atoms with Gasteiger partial charge in [-0.3, -0.25) is 9.78 Å². The summed E-state index contributed by atoms with van der Waals surface area (Å²) in [6.45, 7) is 1.50. The van der Waals surface area contributed by atoms with E-state index in [1.165, 1.54) is 0 Å². The number of benzene rings is 1. The molecule has 2 aromatic rings. The van der Waals surface area contributed by atoms with Crippen LogP contribution in [0, 0.1) is 5.92 Å². The molecule has 2 aliphatic rings. The highest BCUT2D eigenvalue weighted by Crippen LogP contribution is 2.36. The molecule has 2 fully saturated rings. The molecule has 4 rings (SSSR count). The Morgan fingerprint density at radius 3 is 3.05 bits per heavy atom. The van der Waals surface area contributed by atoms with Gasteiger partial charge in [-0.2, -0.15) is 0 Å².